The van der Waals surface area contributed by atoms with Gasteiger partial charge < -0.3 is 10.1 Å². The second kappa shape index (κ2) is 9.49. The number of carbonyl (C=O) groups is 2. The molecule has 0 radical (unpaired) electrons. The second-order valence-electron chi connectivity index (χ2n) is 6.67. The molecule has 13 heteroatoms. The molecule has 0 saturated carbocycles. The van der Waals surface area contributed by atoms with Gasteiger partial charge in [-0.3, -0.25) is 14.9 Å². The summed E-state index contributed by atoms with van der Waals surface area (Å²) < 4.78 is 32.0. The number of para-hydroxylation sites is 1. The van der Waals surface area contributed by atoms with E-state index in [1.807, 2.05) is 0 Å². The van der Waals surface area contributed by atoms with Crippen LogP contribution in [-0.4, -0.2) is 54.2 Å². The largest absolute Gasteiger partial charge is 0.461 e. The Kier molecular flexibility index (Phi) is 6.97. The molecule has 1 N–H and O–H groups in total. The number of hydrogen-bond donors (Lipinski definition) is 1. The Labute approximate surface area is 182 Å². The number of aromatic nitrogens is 1. The molecule has 1 fully saturated rings. The van der Waals surface area contributed by atoms with Crippen LogP contribution in [0, 0.1) is 16.0 Å². The first kappa shape index (κ1) is 22.8. The molecular formula is C18H20N4O7S2. The van der Waals surface area contributed by atoms with Crippen molar-refractivity contribution in [3.63, 3.8) is 0 Å². The van der Waals surface area contributed by atoms with Crippen LogP contribution < -0.4 is 5.32 Å². The number of amides is 1. The number of thiazole rings is 1. The molecule has 1 aliphatic heterocycles. The van der Waals surface area contributed by atoms with Crippen LogP contribution in [0.3, 0.4) is 0 Å². The number of sulfonamides is 1. The molecule has 2 aromatic rings. The van der Waals surface area contributed by atoms with E-state index in [1.165, 1.54) is 23.6 Å². The Hall–Kier alpha value is -2.90. The molecule has 1 aromatic heterocycles. The lowest BCUT2D eigenvalue weighted by Gasteiger charge is -2.30. The molecule has 0 aliphatic carbocycles. The molecular weight excluding hydrogens is 448 g/mol. The van der Waals surface area contributed by atoms with Crippen LogP contribution in [0.4, 0.5) is 10.8 Å². The van der Waals surface area contributed by atoms with Gasteiger partial charge >= 0.3 is 5.97 Å². The van der Waals surface area contributed by atoms with Crippen LogP contribution in [0.5, 0.6) is 0 Å². The fourth-order valence-corrected chi connectivity index (χ4v) is 5.54. The number of nitro benzene ring substituents is 1. The number of nitrogens with zero attached hydrogens (tertiary/aromatic N) is 3. The Balaban J connectivity index is 1.72. The zero-order chi connectivity index (χ0) is 22.6. The van der Waals surface area contributed by atoms with Crippen LogP contribution in [-0.2, 0) is 19.6 Å². The molecule has 1 saturated heterocycles. The maximum atomic E-state index is 13.0. The van der Waals surface area contributed by atoms with Gasteiger partial charge in [-0.15, -0.1) is 11.3 Å². The molecule has 3 rings (SSSR count). The molecule has 2 heterocycles. The monoisotopic (exact) mass is 468 g/mol. The van der Waals surface area contributed by atoms with Gasteiger partial charge in [0.1, 0.15) is 0 Å². The summed E-state index contributed by atoms with van der Waals surface area (Å²) in [5.41, 5.74) is -0.435. The fraction of sp³-hybridized carbons (Fsp3) is 0.389. The van der Waals surface area contributed by atoms with Gasteiger partial charge in [-0.2, -0.15) is 4.31 Å². The predicted molar refractivity (Wildman–Crippen MR) is 111 cm³/mol. The van der Waals surface area contributed by atoms with Crippen molar-refractivity contribution in [1.29, 1.82) is 0 Å². The van der Waals surface area contributed by atoms with Crippen molar-refractivity contribution in [2.45, 2.75) is 24.7 Å². The van der Waals surface area contributed by atoms with Crippen LogP contribution in [0.1, 0.15) is 30.3 Å². The van der Waals surface area contributed by atoms with E-state index >= 15 is 0 Å². The van der Waals surface area contributed by atoms with Crippen molar-refractivity contribution in [2.24, 2.45) is 5.92 Å². The summed E-state index contributed by atoms with van der Waals surface area (Å²) in [6.45, 7) is 1.91. The van der Waals surface area contributed by atoms with E-state index < -0.39 is 43.3 Å². The summed E-state index contributed by atoms with van der Waals surface area (Å²) in [6.07, 6.45) is 0.870. The number of nitrogens with one attached hydrogen (secondary N) is 1. The highest BCUT2D eigenvalue weighted by Crippen LogP contribution is 2.30. The average molecular weight is 469 g/mol. The first-order chi connectivity index (χ1) is 14.7. The van der Waals surface area contributed by atoms with Gasteiger partial charge in [-0.05, 0) is 25.8 Å². The molecule has 166 valence electrons. The van der Waals surface area contributed by atoms with Gasteiger partial charge in [-0.25, -0.2) is 18.2 Å². The smallest absolute Gasteiger partial charge is 0.357 e. The van der Waals surface area contributed by atoms with E-state index in [0.717, 1.165) is 21.7 Å². The summed E-state index contributed by atoms with van der Waals surface area (Å²) in [6, 6.07) is 5.12. The Morgan fingerprint density at radius 3 is 2.84 bits per heavy atom. The lowest BCUT2D eigenvalue weighted by Crippen LogP contribution is -2.43. The lowest BCUT2D eigenvalue weighted by atomic mass is 9.99. The molecule has 31 heavy (non-hydrogen) atoms. The number of carbonyl (C=O) groups excluding carboxylic acids is 2. The van der Waals surface area contributed by atoms with E-state index in [9.17, 15) is 28.1 Å². The van der Waals surface area contributed by atoms with E-state index in [2.05, 4.69) is 10.3 Å². The van der Waals surface area contributed by atoms with Crippen molar-refractivity contribution < 1.29 is 27.7 Å². The van der Waals surface area contributed by atoms with Gasteiger partial charge in [0.25, 0.3) is 5.69 Å². The van der Waals surface area contributed by atoms with Gasteiger partial charge in [0.05, 0.1) is 17.4 Å². The normalized spacial score (nSPS) is 17.1. The Morgan fingerprint density at radius 2 is 2.13 bits per heavy atom. The first-order valence-electron chi connectivity index (χ1n) is 9.41. The summed E-state index contributed by atoms with van der Waals surface area (Å²) in [5, 5.41) is 15.5. The van der Waals surface area contributed by atoms with Crippen LogP contribution in [0.2, 0.25) is 0 Å². The number of benzene rings is 1. The maximum Gasteiger partial charge on any atom is 0.357 e. The Morgan fingerprint density at radius 1 is 1.39 bits per heavy atom. The topological polar surface area (TPSA) is 149 Å². The summed E-state index contributed by atoms with van der Waals surface area (Å²) in [5.74, 6) is -1.70. The van der Waals surface area contributed by atoms with Crippen LogP contribution >= 0.6 is 11.3 Å². The highest BCUT2D eigenvalue weighted by atomic mass is 32.2. The third kappa shape index (κ3) is 5.06. The fourth-order valence-electron chi connectivity index (χ4n) is 3.18. The lowest BCUT2D eigenvalue weighted by molar-refractivity contribution is -0.387. The van der Waals surface area contributed by atoms with Crippen molar-refractivity contribution in [3.05, 3.63) is 45.5 Å². The van der Waals surface area contributed by atoms with Crippen molar-refractivity contribution in [2.75, 3.05) is 25.0 Å². The first-order valence-corrected chi connectivity index (χ1v) is 11.7. The number of rotatable bonds is 7. The van der Waals surface area contributed by atoms with Gasteiger partial charge in [0.2, 0.25) is 15.9 Å². The van der Waals surface area contributed by atoms with E-state index in [4.69, 9.17) is 4.74 Å². The summed E-state index contributed by atoms with van der Waals surface area (Å²) in [7, 11) is -4.15. The number of anilines is 1. The number of nitro groups is 1. The van der Waals surface area contributed by atoms with Crippen LogP contribution in [0.25, 0.3) is 0 Å². The zero-order valence-corrected chi connectivity index (χ0v) is 18.1. The highest BCUT2D eigenvalue weighted by molar-refractivity contribution is 7.89. The summed E-state index contributed by atoms with van der Waals surface area (Å²) in [4.78, 5) is 38.5. The van der Waals surface area contributed by atoms with Crippen LogP contribution in [0.15, 0.2) is 34.5 Å². The standard InChI is InChI=1S/C18H20N4O7S2/c1-2-29-17(24)13-11-30-18(19-13)20-16(23)12-6-5-9-21(10-12)31(27,28)15-8-4-3-7-14(15)22(25)26/h3-4,7-8,11-12H,2,5-6,9-10H2,1H3,(H,19,20,23). The second-order valence-corrected chi connectivity index (χ2v) is 9.44. The molecule has 1 unspecified atom stereocenters. The minimum absolute atomic E-state index is 0.0754. The number of piperidine rings is 1. The molecule has 1 atom stereocenters. The maximum absolute atomic E-state index is 13.0. The number of ether oxygens (including phenoxy) is 1. The third-order valence-electron chi connectivity index (χ3n) is 4.65. The molecule has 1 aliphatic rings. The minimum atomic E-state index is -4.15. The predicted octanol–water partition coefficient (Wildman–Crippen LogP) is 2.27. The van der Waals surface area contributed by atoms with E-state index in [1.54, 1.807) is 6.92 Å². The van der Waals surface area contributed by atoms with E-state index in [0.29, 0.717) is 12.8 Å². The van der Waals surface area contributed by atoms with Crippen molar-refractivity contribution in [3.8, 4) is 0 Å². The molecule has 1 amide bonds. The Bertz CT molecular complexity index is 1100. The summed E-state index contributed by atoms with van der Waals surface area (Å²) >= 11 is 1.05. The number of esters is 1. The molecule has 11 nitrogen and oxygen atoms in total. The van der Waals surface area contributed by atoms with Gasteiger partial charge in [-0.1, -0.05) is 12.1 Å². The van der Waals surface area contributed by atoms with E-state index in [-0.39, 0.29) is 30.5 Å². The van der Waals surface area contributed by atoms with Crippen molar-refractivity contribution >= 4 is 44.1 Å². The minimum Gasteiger partial charge on any atom is -0.461 e. The molecule has 0 spiro atoms. The highest BCUT2D eigenvalue weighted by Gasteiger charge is 2.36. The zero-order valence-electron chi connectivity index (χ0n) is 16.5. The molecule has 1 aromatic carbocycles. The third-order valence-corrected chi connectivity index (χ3v) is 7.32. The molecule has 0 bridgehead atoms. The average Bonchev–Trinajstić information content (AvgIpc) is 3.22. The van der Waals surface area contributed by atoms with Crippen molar-refractivity contribution in [1.82, 2.24) is 9.29 Å². The van der Waals surface area contributed by atoms with Gasteiger partial charge in [0, 0.05) is 24.5 Å². The van der Waals surface area contributed by atoms with Gasteiger partial charge in [0.15, 0.2) is 15.7 Å². The SMILES string of the molecule is CCOC(=O)c1csc(NC(=O)C2CCCN(S(=O)(=O)c3ccccc3[N+](=O)[O-])C2)n1. The quantitative estimate of drug-likeness (QED) is 0.369. The number of hydrogen-bond acceptors (Lipinski definition) is 9.